The number of hydrogen-bond acceptors (Lipinski definition) is 5. The maximum absolute atomic E-state index is 12.4. The van der Waals surface area contributed by atoms with Crippen molar-refractivity contribution in [2.45, 2.75) is 13.5 Å². The van der Waals surface area contributed by atoms with Crippen molar-refractivity contribution in [3.63, 3.8) is 0 Å². The van der Waals surface area contributed by atoms with Crippen molar-refractivity contribution in [1.82, 2.24) is 15.3 Å². The van der Waals surface area contributed by atoms with Gasteiger partial charge in [0.1, 0.15) is 5.69 Å². The Kier molecular flexibility index (Phi) is 5.20. The molecule has 1 heterocycles. The van der Waals surface area contributed by atoms with Gasteiger partial charge in [-0.3, -0.25) is 4.79 Å². The first-order valence-corrected chi connectivity index (χ1v) is 8.08. The van der Waals surface area contributed by atoms with Gasteiger partial charge in [0.15, 0.2) is 0 Å². The molecule has 1 aromatic heterocycles. The standard InChI is InChI=1S/C20H17N5O/c1-14-5-2-3-7-16(14)13-23-19(26)18-9-10-22-20(25-18)24-17-8-4-6-15(11-17)12-21/h2-11H,13H2,1H3,(H,23,26)(H,22,24,25). The molecule has 2 aromatic carbocycles. The second-order valence-electron chi connectivity index (χ2n) is 5.69. The van der Waals surface area contributed by atoms with Crippen LogP contribution in [0.3, 0.4) is 0 Å². The molecule has 0 aliphatic carbocycles. The molecule has 26 heavy (non-hydrogen) atoms. The first-order chi connectivity index (χ1) is 12.7. The quantitative estimate of drug-likeness (QED) is 0.741. The summed E-state index contributed by atoms with van der Waals surface area (Å²) in [6.45, 7) is 2.44. The van der Waals surface area contributed by atoms with Gasteiger partial charge in [0.05, 0.1) is 11.6 Å². The van der Waals surface area contributed by atoms with Crippen LogP contribution in [0.25, 0.3) is 0 Å². The van der Waals surface area contributed by atoms with Crippen LogP contribution in [0.5, 0.6) is 0 Å². The van der Waals surface area contributed by atoms with Crippen molar-refractivity contribution in [1.29, 1.82) is 5.26 Å². The zero-order valence-corrected chi connectivity index (χ0v) is 14.2. The fraction of sp³-hybridized carbons (Fsp3) is 0.100. The van der Waals surface area contributed by atoms with Gasteiger partial charge >= 0.3 is 0 Å². The van der Waals surface area contributed by atoms with Crippen molar-refractivity contribution in [3.05, 3.63) is 83.2 Å². The van der Waals surface area contributed by atoms with Crippen LogP contribution in [0.4, 0.5) is 11.6 Å². The van der Waals surface area contributed by atoms with Gasteiger partial charge in [0.25, 0.3) is 5.91 Å². The Morgan fingerprint density at radius 3 is 2.81 bits per heavy atom. The van der Waals surface area contributed by atoms with E-state index in [4.69, 9.17) is 5.26 Å². The van der Waals surface area contributed by atoms with Crippen LogP contribution in [0.1, 0.15) is 27.2 Å². The third-order valence-corrected chi connectivity index (χ3v) is 3.84. The van der Waals surface area contributed by atoms with Crippen molar-refractivity contribution >= 4 is 17.5 Å². The molecule has 0 radical (unpaired) electrons. The number of nitrogens with one attached hydrogen (secondary N) is 2. The SMILES string of the molecule is Cc1ccccc1CNC(=O)c1ccnc(Nc2cccc(C#N)c2)n1. The highest BCUT2D eigenvalue weighted by Crippen LogP contribution is 2.14. The number of nitrogens with zero attached hydrogens (tertiary/aromatic N) is 3. The number of rotatable bonds is 5. The molecule has 0 saturated carbocycles. The Hall–Kier alpha value is -3.72. The number of amides is 1. The maximum atomic E-state index is 12.4. The van der Waals surface area contributed by atoms with Crippen LogP contribution < -0.4 is 10.6 Å². The fourth-order valence-electron chi connectivity index (χ4n) is 2.42. The minimum Gasteiger partial charge on any atom is -0.347 e. The van der Waals surface area contributed by atoms with E-state index in [9.17, 15) is 4.79 Å². The minimum atomic E-state index is -0.274. The van der Waals surface area contributed by atoms with Crippen LogP contribution >= 0.6 is 0 Å². The molecule has 3 aromatic rings. The van der Waals surface area contributed by atoms with Crippen molar-refractivity contribution < 1.29 is 4.79 Å². The topological polar surface area (TPSA) is 90.7 Å². The molecule has 0 spiro atoms. The van der Waals surface area contributed by atoms with E-state index in [2.05, 4.69) is 26.7 Å². The monoisotopic (exact) mass is 343 g/mol. The number of anilines is 2. The molecule has 6 heteroatoms. The molecule has 2 N–H and O–H groups in total. The summed E-state index contributed by atoms with van der Waals surface area (Å²) in [5.74, 6) is 0.0214. The molecular formula is C20H17N5O. The van der Waals surface area contributed by atoms with E-state index in [1.807, 2.05) is 31.2 Å². The highest BCUT2D eigenvalue weighted by Gasteiger charge is 2.09. The Morgan fingerprint density at radius 2 is 2.00 bits per heavy atom. The minimum absolute atomic E-state index is 0.271. The average Bonchev–Trinajstić information content (AvgIpc) is 2.67. The molecule has 0 bridgehead atoms. The van der Waals surface area contributed by atoms with E-state index in [-0.39, 0.29) is 11.6 Å². The molecule has 0 fully saturated rings. The summed E-state index contributed by atoms with van der Waals surface area (Å²) in [7, 11) is 0. The summed E-state index contributed by atoms with van der Waals surface area (Å²) in [5.41, 5.74) is 3.66. The number of benzene rings is 2. The number of hydrogen-bond donors (Lipinski definition) is 2. The van der Waals surface area contributed by atoms with Crippen molar-refractivity contribution in [3.8, 4) is 6.07 Å². The molecule has 0 aliphatic rings. The van der Waals surface area contributed by atoms with E-state index < -0.39 is 0 Å². The molecule has 0 atom stereocenters. The predicted octanol–water partition coefficient (Wildman–Crippen LogP) is 3.33. The number of carbonyl (C=O) groups is 1. The van der Waals surface area contributed by atoms with Gasteiger partial charge in [0, 0.05) is 18.4 Å². The van der Waals surface area contributed by atoms with E-state index in [0.29, 0.717) is 23.7 Å². The Balaban J connectivity index is 1.69. The molecular weight excluding hydrogens is 326 g/mol. The zero-order chi connectivity index (χ0) is 18.4. The third kappa shape index (κ3) is 4.22. The van der Waals surface area contributed by atoms with Gasteiger partial charge in [0.2, 0.25) is 5.95 Å². The Morgan fingerprint density at radius 1 is 1.15 bits per heavy atom. The lowest BCUT2D eigenvalue weighted by Crippen LogP contribution is -2.24. The van der Waals surface area contributed by atoms with Gasteiger partial charge in [-0.2, -0.15) is 5.26 Å². The van der Waals surface area contributed by atoms with Crippen molar-refractivity contribution in [2.24, 2.45) is 0 Å². The van der Waals surface area contributed by atoms with Gasteiger partial charge in [-0.25, -0.2) is 9.97 Å². The highest BCUT2D eigenvalue weighted by molar-refractivity contribution is 5.92. The van der Waals surface area contributed by atoms with Crippen LogP contribution in [0.15, 0.2) is 60.8 Å². The summed E-state index contributed by atoms with van der Waals surface area (Å²) in [6.07, 6.45) is 1.52. The average molecular weight is 343 g/mol. The summed E-state index contributed by atoms with van der Waals surface area (Å²) in [4.78, 5) is 20.7. The highest BCUT2D eigenvalue weighted by atomic mass is 16.1. The molecule has 0 saturated heterocycles. The lowest BCUT2D eigenvalue weighted by atomic mass is 10.1. The normalized spacial score (nSPS) is 10.0. The van der Waals surface area contributed by atoms with Crippen LogP contribution in [-0.4, -0.2) is 15.9 Å². The molecule has 1 amide bonds. The van der Waals surface area contributed by atoms with Gasteiger partial charge < -0.3 is 10.6 Å². The van der Waals surface area contributed by atoms with Crippen molar-refractivity contribution in [2.75, 3.05) is 5.32 Å². The van der Waals surface area contributed by atoms with Gasteiger partial charge in [-0.05, 0) is 42.3 Å². The van der Waals surface area contributed by atoms with Crippen LogP contribution in [0.2, 0.25) is 0 Å². The second kappa shape index (κ2) is 7.90. The zero-order valence-electron chi connectivity index (χ0n) is 14.2. The molecule has 0 aliphatic heterocycles. The smallest absolute Gasteiger partial charge is 0.270 e. The number of nitriles is 1. The van der Waals surface area contributed by atoms with E-state index >= 15 is 0 Å². The summed E-state index contributed by atoms with van der Waals surface area (Å²) < 4.78 is 0. The lowest BCUT2D eigenvalue weighted by Gasteiger charge is -2.09. The molecule has 128 valence electrons. The largest absolute Gasteiger partial charge is 0.347 e. The summed E-state index contributed by atoms with van der Waals surface area (Å²) >= 11 is 0. The van der Waals surface area contributed by atoms with Crippen LogP contribution in [0, 0.1) is 18.3 Å². The Labute approximate surface area is 151 Å². The summed E-state index contributed by atoms with van der Waals surface area (Å²) in [6, 6.07) is 18.5. The number of aryl methyl sites for hydroxylation is 1. The van der Waals surface area contributed by atoms with E-state index in [0.717, 1.165) is 11.1 Å². The summed E-state index contributed by atoms with van der Waals surface area (Å²) in [5, 5.41) is 14.8. The lowest BCUT2D eigenvalue weighted by molar-refractivity contribution is 0.0946. The molecule has 0 unspecified atom stereocenters. The van der Waals surface area contributed by atoms with Crippen LogP contribution in [-0.2, 0) is 6.54 Å². The van der Waals surface area contributed by atoms with Gasteiger partial charge in [-0.1, -0.05) is 30.3 Å². The van der Waals surface area contributed by atoms with Gasteiger partial charge in [-0.15, -0.1) is 0 Å². The Bertz CT molecular complexity index is 978. The fourth-order valence-corrected chi connectivity index (χ4v) is 2.42. The van der Waals surface area contributed by atoms with E-state index in [1.165, 1.54) is 6.20 Å². The molecule has 3 rings (SSSR count). The predicted molar refractivity (Wildman–Crippen MR) is 98.8 cm³/mol. The van der Waals surface area contributed by atoms with E-state index in [1.54, 1.807) is 30.3 Å². The number of aromatic nitrogens is 2. The number of carbonyl (C=O) groups excluding carboxylic acids is 1. The second-order valence-corrected chi connectivity index (χ2v) is 5.69. The maximum Gasteiger partial charge on any atom is 0.270 e. The third-order valence-electron chi connectivity index (χ3n) is 3.84. The molecule has 6 nitrogen and oxygen atoms in total. The first-order valence-electron chi connectivity index (χ1n) is 8.08. The first kappa shape index (κ1) is 17.1.